The molecule has 1 aliphatic heterocycles. The predicted molar refractivity (Wildman–Crippen MR) is 104 cm³/mol. The number of carbonyl (C=O) groups excluding carboxylic acids is 1. The summed E-state index contributed by atoms with van der Waals surface area (Å²) in [4.78, 5) is 12.6. The topological polar surface area (TPSA) is 53.8 Å². The summed E-state index contributed by atoms with van der Waals surface area (Å²) in [5.74, 6) is -2.12. The van der Waals surface area contributed by atoms with Crippen LogP contribution in [0.5, 0.6) is 0 Å². The second kappa shape index (κ2) is 9.32. The van der Waals surface area contributed by atoms with Gasteiger partial charge in [-0.05, 0) is 49.3 Å². The number of hydrogen-bond acceptors (Lipinski definition) is 5. The van der Waals surface area contributed by atoms with Crippen molar-refractivity contribution in [3.8, 4) is 0 Å². The average molecular weight is 396 g/mol. The first-order chi connectivity index (χ1) is 12.6. The Morgan fingerprint density at radius 3 is 2.81 bits per heavy atom. The molecule has 1 aromatic rings. The van der Waals surface area contributed by atoms with Crippen molar-refractivity contribution in [2.45, 2.75) is 41.6 Å². The zero-order valence-electron chi connectivity index (χ0n) is 14.0. The van der Waals surface area contributed by atoms with E-state index in [-0.39, 0.29) is 11.2 Å². The smallest absolute Gasteiger partial charge is 0.288 e. The van der Waals surface area contributed by atoms with E-state index in [1.807, 2.05) is 6.21 Å². The van der Waals surface area contributed by atoms with Crippen molar-refractivity contribution < 1.29 is 13.6 Å². The number of hydrogen-bond donors (Lipinski definition) is 1. The summed E-state index contributed by atoms with van der Waals surface area (Å²) in [6.07, 6.45) is 9.81. The van der Waals surface area contributed by atoms with E-state index in [9.17, 15) is 13.6 Å². The number of carbonyl (C=O) groups is 1. The van der Waals surface area contributed by atoms with Crippen molar-refractivity contribution in [2.75, 3.05) is 0 Å². The van der Waals surface area contributed by atoms with Crippen molar-refractivity contribution in [2.24, 2.45) is 16.1 Å². The summed E-state index contributed by atoms with van der Waals surface area (Å²) in [7, 11) is 0. The summed E-state index contributed by atoms with van der Waals surface area (Å²) in [5.41, 5.74) is 0.926. The third-order valence-corrected chi connectivity index (χ3v) is 5.88. The summed E-state index contributed by atoms with van der Waals surface area (Å²) in [6, 6.07) is 6.87. The minimum atomic E-state index is -2.43. The molecule has 8 heteroatoms. The van der Waals surface area contributed by atoms with Gasteiger partial charge in [-0.3, -0.25) is 4.79 Å². The maximum absolute atomic E-state index is 12.3. The van der Waals surface area contributed by atoms with E-state index >= 15 is 0 Å². The van der Waals surface area contributed by atoms with Crippen molar-refractivity contribution in [3.63, 3.8) is 0 Å². The number of halogens is 2. The van der Waals surface area contributed by atoms with Crippen LogP contribution in [-0.4, -0.2) is 28.3 Å². The van der Waals surface area contributed by atoms with Crippen molar-refractivity contribution >= 4 is 40.8 Å². The number of nitrogens with one attached hydrogen (secondary N) is 1. The van der Waals surface area contributed by atoms with Gasteiger partial charge in [-0.15, -0.1) is 5.10 Å². The Hall–Kier alpha value is -1.67. The molecule has 1 N–H and O–H groups in total. The normalized spacial score (nSPS) is 24.7. The van der Waals surface area contributed by atoms with Gasteiger partial charge in [-0.25, -0.2) is 0 Å². The molecule has 1 aliphatic carbocycles. The van der Waals surface area contributed by atoms with E-state index in [4.69, 9.17) is 0 Å². The fourth-order valence-corrected chi connectivity index (χ4v) is 4.20. The SMILES string of the molecule is O=C1NC(=NN=CC2CC=CCC2)SC1Cc1ccc(SC(F)F)cc1. The van der Waals surface area contributed by atoms with Gasteiger partial charge < -0.3 is 5.32 Å². The molecule has 138 valence electrons. The van der Waals surface area contributed by atoms with Crippen LogP contribution in [-0.2, 0) is 11.2 Å². The van der Waals surface area contributed by atoms with Gasteiger partial charge in [0.25, 0.3) is 5.76 Å². The minimum Gasteiger partial charge on any atom is -0.303 e. The van der Waals surface area contributed by atoms with Gasteiger partial charge in [0.05, 0.1) is 5.25 Å². The Bertz CT molecular complexity index is 720. The van der Waals surface area contributed by atoms with E-state index in [2.05, 4.69) is 27.7 Å². The monoisotopic (exact) mass is 395 g/mol. The second-order valence-corrected chi connectivity index (χ2v) is 8.29. The molecule has 4 nitrogen and oxygen atoms in total. The lowest BCUT2D eigenvalue weighted by Gasteiger charge is -2.10. The van der Waals surface area contributed by atoms with Crippen LogP contribution in [0.1, 0.15) is 24.8 Å². The van der Waals surface area contributed by atoms with Crippen LogP contribution in [0.2, 0.25) is 0 Å². The molecule has 1 fully saturated rings. The van der Waals surface area contributed by atoms with Gasteiger partial charge in [0.1, 0.15) is 0 Å². The highest BCUT2D eigenvalue weighted by Gasteiger charge is 2.30. The highest BCUT2D eigenvalue weighted by molar-refractivity contribution is 8.15. The first-order valence-corrected chi connectivity index (χ1v) is 10.1. The van der Waals surface area contributed by atoms with Gasteiger partial charge >= 0.3 is 0 Å². The van der Waals surface area contributed by atoms with Crippen LogP contribution in [0, 0.1) is 5.92 Å². The van der Waals surface area contributed by atoms with E-state index in [0.717, 1.165) is 24.8 Å². The lowest BCUT2D eigenvalue weighted by Crippen LogP contribution is -2.25. The number of amides is 1. The predicted octanol–water partition coefficient (Wildman–Crippen LogP) is 4.47. The van der Waals surface area contributed by atoms with E-state index in [1.165, 1.54) is 11.8 Å². The molecule has 2 unspecified atom stereocenters. The van der Waals surface area contributed by atoms with Gasteiger partial charge in [0.2, 0.25) is 5.91 Å². The van der Waals surface area contributed by atoms with Crippen molar-refractivity contribution in [3.05, 3.63) is 42.0 Å². The third-order valence-electron chi connectivity index (χ3n) is 4.08. The number of rotatable bonds is 6. The highest BCUT2D eigenvalue weighted by Crippen LogP contribution is 2.27. The van der Waals surface area contributed by atoms with Crippen LogP contribution in [0.15, 0.2) is 51.5 Å². The molecule has 2 aliphatic rings. The van der Waals surface area contributed by atoms with Crippen LogP contribution >= 0.6 is 23.5 Å². The molecule has 3 rings (SSSR count). The van der Waals surface area contributed by atoms with E-state index in [0.29, 0.717) is 34.2 Å². The second-order valence-electron chi connectivity index (χ2n) is 6.04. The Balaban J connectivity index is 1.53. The van der Waals surface area contributed by atoms with Crippen molar-refractivity contribution in [1.82, 2.24) is 5.32 Å². The molecule has 0 radical (unpaired) electrons. The Labute approximate surface area is 159 Å². The molecule has 0 bridgehead atoms. The summed E-state index contributed by atoms with van der Waals surface area (Å²) in [5, 5.41) is 11.2. The summed E-state index contributed by atoms with van der Waals surface area (Å²) < 4.78 is 24.7. The fourth-order valence-electron chi connectivity index (χ4n) is 2.74. The number of nitrogens with zero attached hydrogens (tertiary/aromatic N) is 2. The van der Waals surface area contributed by atoms with Crippen LogP contribution in [0.25, 0.3) is 0 Å². The third kappa shape index (κ3) is 5.67. The quantitative estimate of drug-likeness (QED) is 0.335. The lowest BCUT2D eigenvalue weighted by molar-refractivity contribution is -0.118. The molecule has 26 heavy (non-hydrogen) atoms. The van der Waals surface area contributed by atoms with Gasteiger partial charge in [0, 0.05) is 11.1 Å². The van der Waals surface area contributed by atoms with Crippen molar-refractivity contribution in [1.29, 1.82) is 0 Å². The molecule has 1 saturated heterocycles. The average Bonchev–Trinajstić information content (AvgIpc) is 2.97. The number of thioether (sulfide) groups is 2. The molecular formula is C18H19F2N3OS2. The molecular weight excluding hydrogens is 376 g/mol. The largest absolute Gasteiger partial charge is 0.303 e. The first-order valence-electron chi connectivity index (χ1n) is 8.37. The summed E-state index contributed by atoms with van der Waals surface area (Å²) >= 11 is 1.87. The van der Waals surface area contributed by atoms with Gasteiger partial charge in [0.15, 0.2) is 5.17 Å². The Morgan fingerprint density at radius 1 is 1.31 bits per heavy atom. The molecule has 0 spiro atoms. The minimum absolute atomic E-state index is 0.101. The number of benzene rings is 1. The number of alkyl halides is 2. The molecule has 1 heterocycles. The zero-order valence-corrected chi connectivity index (χ0v) is 15.6. The number of amidine groups is 1. The van der Waals surface area contributed by atoms with E-state index in [1.54, 1.807) is 24.3 Å². The van der Waals surface area contributed by atoms with Gasteiger partial charge in [-0.1, -0.05) is 47.8 Å². The Morgan fingerprint density at radius 2 is 2.12 bits per heavy atom. The standard InChI is InChI=1S/C18H19F2N3OS2/c19-17(20)25-14-8-6-12(7-9-14)10-15-16(24)22-18(26-15)23-21-11-13-4-2-1-3-5-13/h1-2,6-9,11,13,15,17H,3-5,10H2,(H,22,23,24). The summed E-state index contributed by atoms with van der Waals surface area (Å²) in [6.45, 7) is 0. The van der Waals surface area contributed by atoms with Crippen LogP contribution in [0.4, 0.5) is 8.78 Å². The first kappa shape index (κ1) is 19.1. The molecule has 0 aromatic heterocycles. The molecule has 0 saturated carbocycles. The van der Waals surface area contributed by atoms with Crippen LogP contribution < -0.4 is 5.32 Å². The molecule has 1 amide bonds. The maximum Gasteiger partial charge on any atom is 0.288 e. The lowest BCUT2D eigenvalue weighted by atomic mass is 9.96. The zero-order chi connectivity index (χ0) is 18.4. The highest BCUT2D eigenvalue weighted by atomic mass is 32.2. The number of allylic oxidation sites excluding steroid dienone is 2. The fraction of sp³-hybridized carbons (Fsp3) is 0.389. The van der Waals surface area contributed by atoms with Gasteiger partial charge in [-0.2, -0.15) is 13.9 Å². The van der Waals surface area contributed by atoms with E-state index < -0.39 is 5.76 Å². The molecule has 1 aromatic carbocycles. The molecule has 2 atom stereocenters. The Kier molecular flexibility index (Phi) is 6.85. The van der Waals surface area contributed by atoms with Crippen LogP contribution in [0.3, 0.4) is 0 Å². The maximum atomic E-state index is 12.3.